The van der Waals surface area contributed by atoms with E-state index >= 15 is 0 Å². The van der Waals surface area contributed by atoms with Crippen molar-refractivity contribution in [1.29, 1.82) is 0 Å². The van der Waals surface area contributed by atoms with E-state index in [2.05, 4.69) is 4.74 Å². The molecule has 3 nitrogen and oxygen atoms in total. The number of methoxy groups -OCH3 is 1. The Morgan fingerprint density at radius 3 is 2.31 bits per heavy atom. The molecule has 0 saturated heterocycles. The third-order valence-corrected chi connectivity index (χ3v) is 1.68. The average molecular weight is 186 g/mol. The molecule has 0 amide bonds. The summed E-state index contributed by atoms with van der Waals surface area (Å²) in [5.41, 5.74) is 0.344. The Morgan fingerprint density at radius 1 is 1.46 bits per heavy atom. The molecule has 0 bridgehead atoms. The van der Waals surface area contributed by atoms with Gasteiger partial charge in [-0.15, -0.1) is 0 Å². The lowest BCUT2D eigenvalue weighted by atomic mass is 10.1. The van der Waals surface area contributed by atoms with Gasteiger partial charge in [-0.05, 0) is 19.3 Å². The van der Waals surface area contributed by atoms with Gasteiger partial charge in [0.15, 0.2) is 0 Å². The topological polar surface area (TPSA) is 46.5 Å². The molecule has 0 aromatic rings. The number of carbonyl (C=O) groups excluding carboxylic acids is 1. The fourth-order valence-corrected chi connectivity index (χ4v) is 0.905. The van der Waals surface area contributed by atoms with E-state index in [1.54, 1.807) is 13.0 Å². The summed E-state index contributed by atoms with van der Waals surface area (Å²) in [6.07, 6.45) is 1.75. The van der Waals surface area contributed by atoms with Gasteiger partial charge < -0.3 is 9.84 Å². The van der Waals surface area contributed by atoms with Gasteiger partial charge in [0.1, 0.15) is 0 Å². The maximum Gasteiger partial charge on any atom is 0.336 e. The molecule has 0 aliphatic carbocycles. The van der Waals surface area contributed by atoms with Gasteiger partial charge in [-0.1, -0.05) is 19.9 Å². The molecule has 13 heavy (non-hydrogen) atoms. The minimum Gasteiger partial charge on any atom is -0.466 e. The zero-order valence-electron chi connectivity index (χ0n) is 8.70. The summed E-state index contributed by atoms with van der Waals surface area (Å²) >= 11 is 0. The summed E-state index contributed by atoms with van der Waals surface area (Å²) < 4.78 is 4.54. The Labute approximate surface area is 79.4 Å². The molecule has 0 aliphatic heterocycles. The molecule has 0 aromatic heterocycles. The van der Waals surface area contributed by atoms with Crippen molar-refractivity contribution in [2.75, 3.05) is 7.11 Å². The lowest BCUT2D eigenvalue weighted by molar-refractivity contribution is -0.137. The first-order valence-electron chi connectivity index (χ1n) is 4.45. The van der Waals surface area contributed by atoms with Crippen LogP contribution < -0.4 is 0 Å². The first-order chi connectivity index (χ1) is 5.99. The number of esters is 1. The van der Waals surface area contributed by atoms with Crippen LogP contribution in [0, 0.1) is 5.92 Å². The summed E-state index contributed by atoms with van der Waals surface area (Å²) in [4.78, 5) is 11.1. The van der Waals surface area contributed by atoms with Crippen LogP contribution in [0.25, 0.3) is 0 Å². The van der Waals surface area contributed by atoms with Crippen molar-refractivity contribution in [3.63, 3.8) is 0 Å². The third kappa shape index (κ3) is 4.68. The molecule has 0 saturated carbocycles. The SMILES string of the molecule is COC(=O)/C(=C\CC(C)C)C(C)O. The largest absolute Gasteiger partial charge is 0.466 e. The Bertz CT molecular complexity index is 192. The number of carbonyl (C=O) groups is 1. The van der Waals surface area contributed by atoms with Gasteiger partial charge in [0, 0.05) is 0 Å². The fourth-order valence-electron chi connectivity index (χ4n) is 0.905. The van der Waals surface area contributed by atoms with E-state index in [-0.39, 0.29) is 0 Å². The van der Waals surface area contributed by atoms with Crippen molar-refractivity contribution in [1.82, 2.24) is 0 Å². The van der Waals surface area contributed by atoms with Crippen molar-refractivity contribution in [3.05, 3.63) is 11.6 Å². The molecule has 1 N–H and O–H groups in total. The van der Waals surface area contributed by atoms with Crippen molar-refractivity contribution in [2.24, 2.45) is 5.92 Å². The zero-order valence-corrected chi connectivity index (χ0v) is 8.70. The Hall–Kier alpha value is -0.830. The number of hydrogen-bond acceptors (Lipinski definition) is 3. The monoisotopic (exact) mass is 186 g/mol. The van der Waals surface area contributed by atoms with Gasteiger partial charge in [-0.25, -0.2) is 4.79 Å². The summed E-state index contributed by atoms with van der Waals surface area (Å²) in [7, 11) is 1.31. The summed E-state index contributed by atoms with van der Waals surface area (Å²) in [6.45, 7) is 5.66. The Kier molecular flexibility index (Phi) is 5.39. The van der Waals surface area contributed by atoms with Crippen LogP contribution in [-0.4, -0.2) is 24.3 Å². The lowest BCUT2D eigenvalue weighted by Gasteiger charge is -2.08. The van der Waals surface area contributed by atoms with Gasteiger partial charge in [-0.2, -0.15) is 0 Å². The number of rotatable bonds is 4. The second kappa shape index (κ2) is 5.75. The predicted octanol–water partition coefficient (Wildman–Crippen LogP) is 1.51. The van der Waals surface area contributed by atoms with E-state index in [9.17, 15) is 9.90 Å². The van der Waals surface area contributed by atoms with Gasteiger partial charge >= 0.3 is 5.97 Å². The highest BCUT2D eigenvalue weighted by molar-refractivity contribution is 5.89. The maximum atomic E-state index is 11.1. The van der Waals surface area contributed by atoms with Crippen LogP contribution in [0.5, 0.6) is 0 Å². The van der Waals surface area contributed by atoms with Gasteiger partial charge in [0.05, 0.1) is 18.8 Å². The second-order valence-electron chi connectivity index (χ2n) is 3.46. The molecule has 0 heterocycles. The smallest absolute Gasteiger partial charge is 0.336 e. The van der Waals surface area contributed by atoms with E-state index in [0.29, 0.717) is 11.5 Å². The molecule has 1 atom stereocenters. The first-order valence-corrected chi connectivity index (χ1v) is 4.45. The average Bonchev–Trinajstić information content (AvgIpc) is 2.03. The highest BCUT2D eigenvalue weighted by Gasteiger charge is 2.14. The molecule has 0 rings (SSSR count). The molecule has 1 unspecified atom stereocenters. The van der Waals surface area contributed by atoms with Crippen LogP contribution in [0.2, 0.25) is 0 Å². The molecular weight excluding hydrogens is 168 g/mol. The number of aliphatic hydroxyl groups is 1. The molecule has 0 aliphatic rings. The maximum absolute atomic E-state index is 11.1. The summed E-state index contributed by atoms with van der Waals surface area (Å²) in [5, 5.41) is 9.26. The van der Waals surface area contributed by atoms with Crippen LogP contribution >= 0.6 is 0 Å². The lowest BCUT2D eigenvalue weighted by Crippen LogP contribution is -2.16. The van der Waals surface area contributed by atoms with Crippen LogP contribution in [0.4, 0.5) is 0 Å². The minimum absolute atomic E-state index is 0.344. The minimum atomic E-state index is -0.758. The van der Waals surface area contributed by atoms with Gasteiger partial charge in [-0.3, -0.25) is 0 Å². The van der Waals surface area contributed by atoms with Crippen LogP contribution in [-0.2, 0) is 9.53 Å². The van der Waals surface area contributed by atoms with E-state index in [0.717, 1.165) is 6.42 Å². The Morgan fingerprint density at radius 2 is 2.00 bits per heavy atom. The van der Waals surface area contributed by atoms with E-state index in [1.807, 2.05) is 13.8 Å². The van der Waals surface area contributed by atoms with Crippen molar-refractivity contribution in [2.45, 2.75) is 33.3 Å². The number of aliphatic hydroxyl groups excluding tert-OH is 1. The molecular formula is C10H18O3. The third-order valence-electron chi connectivity index (χ3n) is 1.68. The molecule has 0 fully saturated rings. The summed E-state index contributed by atoms with van der Waals surface area (Å²) in [5.74, 6) is 0.0223. The normalized spacial score (nSPS) is 14.5. The molecule has 76 valence electrons. The molecule has 0 radical (unpaired) electrons. The second-order valence-corrected chi connectivity index (χ2v) is 3.46. The molecule has 0 aromatic carbocycles. The quantitative estimate of drug-likeness (QED) is 0.534. The number of allylic oxidation sites excluding steroid dienone is 1. The fraction of sp³-hybridized carbons (Fsp3) is 0.700. The van der Waals surface area contributed by atoms with Crippen LogP contribution in [0.15, 0.2) is 11.6 Å². The van der Waals surface area contributed by atoms with E-state index in [4.69, 9.17) is 0 Å². The van der Waals surface area contributed by atoms with Crippen LogP contribution in [0.1, 0.15) is 27.2 Å². The predicted molar refractivity (Wildman–Crippen MR) is 51.2 cm³/mol. The molecule has 0 spiro atoms. The van der Waals surface area contributed by atoms with E-state index in [1.165, 1.54) is 7.11 Å². The van der Waals surface area contributed by atoms with Gasteiger partial charge in [0.2, 0.25) is 0 Å². The van der Waals surface area contributed by atoms with Crippen molar-refractivity contribution >= 4 is 5.97 Å². The van der Waals surface area contributed by atoms with Crippen molar-refractivity contribution in [3.8, 4) is 0 Å². The zero-order chi connectivity index (χ0) is 10.4. The van der Waals surface area contributed by atoms with Gasteiger partial charge in [0.25, 0.3) is 0 Å². The summed E-state index contributed by atoms with van der Waals surface area (Å²) in [6, 6.07) is 0. The first kappa shape index (κ1) is 12.2. The molecule has 3 heteroatoms. The van der Waals surface area contributed by atoms with E-state index < -0.39 is 12.1 Å². The highest BCUT2D eigenvalue weighted by Crippen LogP contribution is 2.09. The number of hydrogen-bond donors (Lipinski definition) is 1. The standard InChI is InChI=1S/C10H18O3/c1-7(2)5-6-9(8(3)11)10(12)13-4/h6-8,11H,5H2,1-4H3/b9-6-. The highest BCUT2D eigenvalue weighted by atomic mass is 16.5. The number of ether oxygens (including phenoxy) is 1. The Balaban J connectivity index is 4.41. The van der Waals surface area contributed by atoms with Crippen LogP contribution in [0.3, 0.4) is 0 Å². The van der Waals surface area contributed by atoms with Crippen molar-refractivity contribution < 1.29 is 14.6 Å².